The molecule has 3 unspecified atom stereocenters. The quantitative estimate of drug-likeness (QED) is 0.858. The highest BCUT2D eigenvalue weighted by atomic mass is 16.5. The summed E-state index contributed by atoms with van der Waals surface area (Å²) in [5.74, 6) is 0.810. The molecule has 5 heteroatoms. The number of aliphatic carboxylic acids is 1. The van der Waals surface area contributed by atoms with E-state index >= 15 is 0 Å². The van der Waals surface area contributed by atoms with E-state index in [0.717, 1.165) is 51.2 Å². The molecule has 2 heterocycles. The minimum absolute atomic E-state index is 0.0632. The Morgan fingerprint density at radius 2 is 1.92 bits per heavy atom. The van der Waals surface area contributed by atoms with Crippen LogP contribution < -0.4 is 10.1 Å². The van der Waals surface area contributed by atoms with Gasteiger partial charge >= 0.3 is 5.97 Å². The van der Waals surface area contributed by atoms with Gasteiger partial charge in [0.2, 0.25) is 0 Å². The molecule has 0 spiro atoms. The topological polar surface area (TPSA) is 61.8 Å². The average Bonchev–Trinajstić information content (AvgIpc) is 2.64. The summed E-state index contributed by atoms with van der Waals surface area (Å²) in [5, 5.41) is 13.3. The molecule has 3 atom stereocenters. The van der Waals surface area contributed by atoms with Crippen molar-refractivity contribution in [1.29, 1.82) is 0 Å². The molecule has 0 aliphatic carbocycles. The second kappa shape index (κ2) is 8.19. The van der Waals surface area contributed by atoms with Crippen molar-refractivity contribution in [3.8, 4) is 5.75 Å². The first-order valence-corrected chi connectivity index (χ1v) is 9.40. The van der Waals surface area contributed by atoms with Crippen LogP contribution in [-0.2, 0) is 11.3 Å². The second-order valence-electron chi connectivity index (χ2n) is 7.46. The largest absolute Gasteiger partial charge is 0.497 e. The fraction of sp³-hybridized carbons (Fsp3) is 0.650. The smallest absolute Gasteiger partial charge is 0.308 e. The maximum absolute atomic E-state index is 12.0. The summed E-state index contributed by atoms with van der Waals surface area (Å²) >= 11 is 0. The van der Waals surface area contributed by atoms with E-state index in [4.69, 9.17) is 4.74 Å². The molecule has 2 aliphatic rings. The molecule has 0 amide bonds. The molecule has 2 aliphatic heterocycles. The molecule has 1 aromatic rings. The number of piperidine rings is 2. The first-order valence-electron chi connectivity index (χ1n) is 9.40. The molecule has 25 heavy (non-hydrogen) atoms. The predicted molar refractivity (Wildman–Crippen MR) is 97.7 cm³/mol. The van der Waals surface area contributed by atoms with Crippen molar-refractivity contribution in [2.75, 3.05) is 26.7 Å². The Hall–Kier alpha value is -1.59. The van der Waals surface area contributed by atoms with Crippen LogP contribution in [0.15, 0.2) is 24.3 Å². The van der Waals surface area contributed by atoms with Crippen LogP contribution in [0.1, 0.15) is 31.7 Å². The van der Waals surface area contributed by atoms with Gasteiger partial charge in [-0.3, -0.25) is 9.69 Å². The predicted octanol–water partition coefficient (Wildman–Crippen LogP) is 2.61. The van der Waals surface area contributed by atoms with E-state index in [0.29, 0.717) is 11.8 Å². The second-order valence-corrected chi connectivity index (χ2v) is 7.46. The Morgan fingerprint density at radius 1 is 1.24 bits per heavy atom. The van der Waals surface area contributed by atoms with Gasteiger partial charge in [0.05, 0.1) is 13.0 Å². The summed E-state index contributed by atoms with van der Waals surface area (Å²) in [6.45, 7) is 5.92. The van der Waals surface area contributed by atoms with Gasteiger partial charge in [-0.05, 0) is 75.4 Å². The van der Waals surface area contributed by atoms with E-state index in [2.05, 4.69) is 29.3 Å². The maximum atomic E-state index is 12.0. The van der Waals surface area contributed by atoms with Gasteiger partial charge in [0.1, 0.15) is 5.75 Å². The van der Waals surface area contributed by atoms with Crippen LogP contribution in [0.4, 0.5) is 0 Å². The Kier molecular flexibility index (Phi) is 5.97. The summed E-state index contributed by atoms with van der Waals surface area (Å²) in [6, 6.07) is 8.14. The Balaban J connectivity index is 1.69. The number of benzene rings is 1. The van der Waals surface area contributed by atoms with E-state index in [-0.39, 0.29) is 12.0 Å². The fourth-order valence-corrected chi connectivity index (χ4v) is 4.66. The Labute approximate surface area is 150 Å². The van der Waals surface area contributed by atoms with E-state index < -0.39 is 5.97 Å². The third-order valence-electron chi connectivity index (χ3n) is 6.13. The number of carboxylic acid groups (broad SMARTS) is 1. The van der Waals surface area contributed by atoms with E-state index in [1.165, 1.54) is 5.56 Å². The molecule has 2 fully saturated rings. The minimum atomic E-state index is -0.629. The van der Waals surface area contributed by atoms with Gasteiger partial charge < -0.3 is 15.2 Å². The SMILES string of the molecule is COc1ccc(CN2CCC(C3CCNCC3)C(C(=O)O)C2C)cc1. The molecule has 3 rings (SSSR count). The molecule has 0 bridgehead atoms. The lowest BCUT2D eigenvalue weighted by molar-refractivity contribution is -0.150. The van der Waals surface area contributed by atoms with Gasteiger partial charge in [-0.1, -0.05) is 12.1 Å². The van der Waals surface area contributed by atoms with E-state index in [1.807, 2.05) is 12.1 Å². The van der Waals surface area contributed by atoms with Gasteiger partial charge in [0, 0.05) is 12.6 Å². The van der Waals surface area contributed by atoms with Crippen molar-refractivity contribution >= 4 is 5.97 Å². The third kappa shape index (κ3) is 4.15. The van der Waals surface area contributed by atoms with Gasteiger partial charge in [-0.25, -0.2) is 0 Å². The average molecular weight is 346 g/mol. The standard InChI is InChI=1S/C20H30N2O3/c1-14-19(20(23)24)18(16-7-10-21-11-8-16)9-12-22(14)13-15-3-5-17(25-2)6-4-15/h3-6,14,16,18-19,21H,7-13H2,1-2H3,(H,23,24). The highest BCUT2D eigenvalue weighted by Gasteiger charge is 2.43. The minimum Gasteiger partial charge on any atom is -0.497 e. The highest BCUT2D eigenvalue weighted by molar-refractivity contribution is 5.71. The van der Waals surface area contributed by atoms with Crippen molar-refractivity contribution < 1.29 is 14.6 Å². The zero-order valence-corrected chi connectivity index (χ0v) is 15.3. The number of ether oxygens (including phenoxy) is 1. The number of hydrogen-bond donors (Lipinski definition) is 2. The van der Waals surface area contributed by atoms with Crippen LogP contribution in [0.25, 0.3) is 0 Å². The summed E-state index contributed by atoms with van der Waals surface area (Å²) in [6.07, 6.45) is 3.21. The van der Waals surface area contributed by atoms with Crippen molar-refractivity contribution in [1.82, 2.24) is 10.2 Å². The van der Waals surface area contributed by atoms with Crippen LogP contribution in [-0.4, -0.2) is 48.8 Å². The number of carbonyl (C=O) groups is 1. The first-order chi connectivity index (χ1) is 12.1. The number of nitrogens with one attached hydrogen (secondary N) is 1. The number of rotatable bonds is 5. The lowest BCUT2D eigenvalue weighted by Crippen LogP contribution is -2.52. The molecule has 1 aromatic carbocycles. The molecule has 0 aromatic heterocycles. The lowest BCUT2D eigenvalue weighted by Gasteiger charge is -2.46. The van der Waals surface area contributed by atoms with E-state index in [9.17, 15) is 9.90 Å². The number of hydrogen-bond acceptors (Lipinski definition) is 4. The molecular weight excluding hydrogens is 316 g/mol. The van der Waals surface area contributed by atoms with Gasteiger partial charge in [-0.15, -0.1) is 0 Å². The van der Waals surface area contributed by atoms with Gasteiger partial charge in [0.25, 0.3) is 0 Å². The van der Waals surface area contributed by atoms with Gasteiger partial charge in [0.15, 0.2) is 0 Å². The van der Waals surface area contributed by atoms with Gasteiger partial charge in [-0.2, -0.15) is 0 Å². The zero-order valence-electron chi connectivity index (χ0n) is 15.3. The molecule has 2 N–H and O–H groups in total. The number of methoxy groups -OCH3 is 1. The normalized spacial score (nSPS) is 28.6. The number of nitrogens with zero attached hydrogens (tertiary/aromatic N) is 1. The van der Waals surface area contributed by atoms with Crippen LogP contribution in [0, 0.1) is 17.8 Å². The van der Waals surface area contributed by atoms with E-state index in [1.54, 1.807) is 7.11 Å². The summed E-state index contributed by atoms with van der Waals surface area (Å²) in [4.78, 5) is 14.4. The lowest BCUT2D eigenvalue weighted by atomic mass is 9.70. The summed E-state index contributed by atoms with van der Waals surface area (Å²) in [5.41, 5.74) is 1.21. The van der Waals surface area contributed by atoms with Crippen molar-refractivity contribution in [3.05, 3.63) is 29.8 Å². The van der Waals surface area contributed by atoms with Crippen LogP contribution in [0.3, 0.4) is 0 Å². The molecule has 0 saturated carbocycles. The summed E-state index contributed by atoms with van der Waals surface area (Å²) < 4.78 is 5.21. The van der Waals surface area contributed by atoms with Crippen LogP contribution in [0.5, 0.6) is 5.75 Å². The van der Waals surface area contributed by atoms with Crippen LogP contribution in [0.2, 0.25) is 0 Å². The first kappa shape index (κ1) is 18.2. The number of carboxylic acids is 1. The van der Waals surface area contributed by atoms with Crippen LogP contribution >= 0.6 is 0 Å². The summed E-state index contributed by atoms with van der Waals surface area (Å²) in [7, 11) is 1.67. The molecule has 2 saturated heterocycles. The third-order valence-corrected chi connectivity index (χ3v) is 6.13. The number of likely N-dealkylation sites (tertiary alicyclic amines) is 1. The molecule has 138 valence electrons. The fourth-order valence-electron chi connectivity index (χ4n) is 4.66. The van der Waals surface area contributed by atoms with Crippen molar-refractivity contribution in [3.63, 3.8) is 0 Å². The monoisotopic (exact) mass is 346 g/mol. The Morgan fingerprint density at radius 3 is 2.52 bits per heavy atom. The highest BCUT2D eigenvalue weighted by Crippen LogP contribution is 2.38. The molecule has 5 nitrogen and oxygen atoms in total. The molecular formula is C20H30N2O3. The molecule has 0 radical (unpaired) electrons. The van der Waals surface area contributed by atoms with Crippen molar-refractivity contribution in [2.45, 2.75) is 38.8 Å². The zero-order chi connectivity index (χ0) is 17.8. The van der Waals surface area contributed by atoms with Crippen molar-refractivity contribution in [2.24, 2.45) is 17.8 Å². The Bertz CT molecular complexity index is 569. The maximum Gasteiger partial charge on any atom is 0.308 e.